The predicted molar refractivity (Wildman–Crippen MR) is 127 cm³/mol. The Morgan fingerprint density at radius 3 is 1.94 bits per heavy atom. The Labute approximate surface area is 186 Å². The van der Waals surface area contributed by atoms with Crippen LogP contribution in [-0.2, 0) is 11.2 Å². The minimum Gasteiger partial charge on any atom is -0.325 e. The molecule has 0 aliphatic carbocycles. The molecule has 0 N–H and O–H groups in total. The molecular weight excluding hydrogens is 380 g/mol. The van der Waals surface area contributed by atoms with Crippen LogP contribution in [0.1, 0.15) is 54.1 Å². The maximum atomic E-state index is 14.1. The lowest BCUT2D eigenvalue weighted by Crippen LogP contribution is -2.43. The zero-order chi connectivity index (χ0) is 21.6. The first-order chi connectivity index (χ1) is 15.2. The van der Waals surface area contributed by atoms with E-state index in [1.807, 2.05) is 48.3 Å². The van der Waals surface area contributed by atoms with Crippen LogP contribution < -0.4 is 0 Å². The number of benzene rings is 3. The molecule has 0 unspecified atom stereocenters. The van der Waals surface area contributed by atoms with E-state index >= 15 is 0 Å². The standard InChI is InChI=1S/C28H32N2O/c1-3-22-13-12-18-25(21-22)27(30-19-10-11-20-30)29(2)28(31)26(23-14-6-4-7-15-23)24-16-8-5-9-17-24/h4-9,12-18,21,26-27H,3,10-11,19-20H2,1-2H3/t27-/m1/s1. The third kappa shape index (κ3) is 4.72. The highest BCUT2D eigenvalue weighted by Gasteiger charge is 2.34. The lowest BCUT2D eigenvalue weighted by molar-refractivity contribution is -0.136. The fourth-order valence-corrected chi connectivity index (χ4v) is 4.73. The van der Waals surface area contributed by atoms with Crippen molar-refractivity contribution in [3.05, 3.63) is 107 Å². The van der Waals surface area contributed by atoms with Gasteiger partial charge < -0.3 is 4.90 Å². The van der Waals surface area contributed by atoms with Gasteiger partial charge in [-0.05, 0) is 41.5 Å². The molecule has 0 saturated carbocycles. The molecule has 1 fully saturated rings. The first-order valence-corrected chi connectivity index (χ1v) is 11.4. The Hall–Kier alpha value is -2.91. The second-order valence-corrected chi connectivity index (χ2v) is 8.42. The molecule has 0 aromatic heterocycles. The SMILES string of the molecule is CCc1cccc([C@@H](N2CCCC2)N(C)C(=O)C(c2ccccc2)c2ccccc2)c1. The summed E-state index contributed by atoms with van der Waals surface area (Å²) >= 11 is 0. The smallest absolute Gasteiger partial charge is 0.235 e. The monoisotopic (exact) mass is 412 g/mol. The number of carbonyl (C=O) groups excluding carboxylic acids is 1. The van der Waals surface area contributed by atoms with Gasteiger partial charge in [-0.25, -0.2) is 0 Å². The second-order valence-electron chi connectivity index (χ2n) is 8.42. The van der Waals surface area contributed by atoms with Gasteiger partial charge in [-0.2, -0.15) is 0 Å². The summed E-state index contributed by atoms with van der Waals surface area (Å²) in [6.07, 6.45) is 3.32. The van der Waals surface area contributed by atoms with Crippen LogP contribution in [0.4, 0.5) is 0 Å². The summed E-state index contributed by atoms with van der Waals surface area (Å²) in [5, 5.41) is 0. The van der Waals surface area contributed by atoms with Gasteiger partial charge >= 0.3 is 0 Å². The van der Waals surface area contributed by atoms with E-state index in [9.17, 15) is 4.79 Å². The summed E-state index contributed by atoms with van der Waals surface area (Å²) < 4.78 is 0. The van der Waals surface area contributed by atoms with Crippen molar-refractivity contribution in [3.63, 3.8) is 0 Å². The van der Waals surface area contributed by atoms with Crippen molar-refractivity contribution >= 4 is 5.91 Å². The highest BCUT2D eigenvalue weighted by molar-refractivity contribution is 5.87. The summed E-state index contributed by atoms with van der Waals surface area (Å²) in [4.78, 5) is 18.5. The highest BCUT2D eigenvalue weighted by atomic mass is 16.2. The van der Waals surface area contributed by atoms with Crippen LogP contribution in [-0.4, -0.2) is 35.8 Å². The zero-order valence-corrected chi connectivity index (χ0v) is 18.6. The van der Waals surface area contributed by atoms with Gasteiger partial charge in [-0.3, -0.25) is 9.69 Å². The molecule has 3 aromatic rings. The van der Waals surface area contributed by atoms with Crippen molar-refractivity contribution in [1.82, 2.24) is 9.80 Å². The van der Waals surface area contributed by atoms with Gasteiger partial charge in [0.05, 0.1) is 5.92 Å². The number of hydrogen-bond donors (Lipinski definition) is 0. The Morgan fingerprint density at radius 1 is 0.839 bits per heavy atom. The van der Waals surface area contributed by atoms with E-state index in [-0.39, 0.29) is 18.0 Å². The molecular formula is C28H32N2O. The lowest BCUT2D eigenvalue weighted by atomic mass is 9.89. The van der Waals surface area contributed by atoms with E-state index in [1.165, 1.54) is 24.0 Å². The average Bonchev–Trinajstić information content (AvgIpc) is 3.35. The molecule has 1 atom stereocenters. The molecule has 0 bridgehead atoms. The van der Waals surface area contributed by atoms with E-state index in [1.54, 1.807) is 0 Å². The number of carbonyl (C=O) groups is 1. The molecule has 1 saturated heterocycles. The quantitative estimate of drug-likeness (QED) is 0.502. The number of likely N-dealkylation sites (N-methyl/N-ethyl adjacent to an activating group) is 1. The van der Waals surface area contributed by atoms with Crippen LogP contribution in [0.25, 0.3) is 0 Å². The number of aryl methyl sites for hydroxylation is 1. The van der Waals surface area contributed by atoms with E-state index < -0.39 is 0 Å². The topological polar surface area (TPSA) is 23.6 Å². The van der Waals surface area contributed by atoms with Gasteiger partial charge in [0.1, 0.15) is 6.17 Å². The third-order valence-electron chi connectivity index (χ3n) is 6.37. The summed E-state index contributed by atoms with van der Waals surface area (Å²) in [6, 6.07) is 29.1. The van der Waals surface area contributed by atoms with Gasteiger partial charge in [0.25, 0.3) is 0 Å². The van der Waals surface area contributed by atoms with E-state index in [0.717, 1.165) is 30.6 Å². The van der Waals surface area contributed by atoms with Crippen molar-refractivity contribution < 1.29 is 4.79 Å². The second kappa shape index (κ2) is 9.93. The number of nitrogens with zero attached hydrogens (tertiary/aromatic N) is 2. The molecule has 1 aliphatic heterocycles. The Kier molecular flexibility index (Phi) is 6.83. The summed E-state index contributed by atoms with van der Waals surface area (Å²) in [7, 11) is 1.98. The minimum absolute atomic E-state index is 0.0450. The molecule has 3 heteroatoms. The molecule has 160 valence electrons. The van der Waals surface area contributed by atoms with E-state index in [0.29, 0.717) is 0 Å². The lowest BCUT2D eigenvalue weighted by Gasteiger charge is -2.38. The molecule has 1 heterocycles. The third-order valence-corrected chi connectivity index (χ3v) is 6.37. The molecule has 1 amide bonds. The number of amides is 1. The normalized spacial score (nSPS) is 15.2. The zero-order valence-electron chi connectivity index (χ0n) is 18.6. The summed E-state index contributed by atoms with van der Waals surface area (Å²) in [5.41, 5.74) is 4.59. The maximum absolute atomic E-state index is 14.1. The fraction of sp³-hybridized carbons (Fsp3) is 0.321. The molecule has 3 nitrogen and oxygen atoms in total. The van der Waals surface area contributed by atoms with Crippen molar-refractivity contribution in [2.75, 3.05) is 20.1 Å². The Bertz CT molecular complexity index is 941. The van der Waals surface area contributed by atoms with Crippen LogP contribution in [0.15, 0.2) is 84.9 Å². The summed E-state index contributed by atoms with van der Waals surface area (Å²) in [6.45, 7) is 4.24. The molecule has 3 aromatic carbocycles. The first kappa shape index (κ1) is 21.3. The molecule has 4 rings (SSSR count). The highest BCUT2D eigenvalue weighted by Crippen LogP contribution is 2.33. The van der Waals surface area contributed by atoms with Crippen LogP contribution in [0.2, 0.25) is 0 Å². The van der Waals surface area contributed by atoms with Crippen LogP contribution in [0, 0.1) is 0 Å². The molecule has 31 heavy (non-hydrogen) atoms. The molecule has 0 spiro atoms. The minimum atomic E-state index is -0.313. The van der Waals surface area contributed by atoms with Gasteiger partial charge in [0, 0.05) is 20.1 Å². The number of likely N-dealkylation sites (tertiary alicyclic amines) is 1. The number of hydrogen-bond acceptors (Lipinski definition) is 2. The fourth-order valence-electron chi connectivity index (χ4n) is 4.73. The number of rotatable bonds is 7. The van der Waals surface area contributed by atoms with E-state index in [4.69, 9.17) is 0 Å². The van der Waals surface area contributed by atoms with Crippen LogP contribution in [0.5, 0.6) is 0 Å². The van der Waals surface area contributed by atoms with E-state index in [2.05, 4.69) is 60.4 Å². The van der Waals surface area contributed by atoms with Crippen molar-refractivity contribution in [1.29, 1.82) is 0 Å². The van der Waals surface area contributed by atoms with Crippen LogP contribution >= 0.6 is 0 Å². The average molecular weight is 413 g/mol. The first-order valence-electron chi connectivity index (χ1n) is 11.4. The maximum Gasteiger partial charge on any atom is 0.235 e. The predicted octanol–water partition coefficient (Wildman–Crippen LogP) is 5.63. The van der Waals surface area contributed by atoms with Crippen molar-refractivity contribution in [2.45, 2.75) is 38.3 Å². The van der Waals surface area contributed by atoms with Crippen molar-refractivity contribution in [2.24, 2.45) is 0 Å². The Morgan fingerprint density at radius 2 is 1.39 bits per heavy atom. The largest absolute Gasteiger partial charge is 0.325 e. The van der Waals surface area contributed by atoms with Gasteiger partial charge in [0.2, 0.25) is 5.91 Å². The van der Waals surface area contributed by atoms with Crippen molar-refractivity contribution in [3.8, 4) is 0 Å². The molecule has 0 radical (unpaired) electrons. The van der Waals surface area contributed by atoms with Crippen LogP contribution in [0.3, 0.4) is 0 Å². The van der Waals surface area contributed by atoms with Gasteiger partial charge in [-0.1, -0.05) is 91.9 Å². The summed E-state index contributed by atoms with van der Waals surface area (Å²) in [5.74, 6) is -0.178. The molecule has 1 aliphatic rings. The van der Waals surface area contributed by atoms with Gasteiger partial charge in [-0.15, -0.1) is 0 Å². The Balaban J connectivity index is 1.73. The van der Waals surface area contributed by atoms with Gasteiger partial charge in [0.15, 0.2) is 0 Å².